The van der Waals surface area contributed by atoms with Crippen LogP contribution < -0.4 is 0 Å². The number of nitrogens with zero attached hydrogens (tertiary/aromatic N) is 2. The minimum atomic E-state index is -0.353. The molecule has 0 aliphatic carbocycles. The largest absolute Gasteiger partial charge is 0.287 e. The molecule has 2 rings (SSSR count). The molecule has 0 saturated carbocycles. The molecule has 0 N–H and O–H groups in total. The van der Waals surface area contributed by atoms with Gasteiger partial charge in [-0.3, -0.25) is 23.9 Å². The number of carbonyl (C=O) groups is 3. The average Bonchev–Trinajstić information content (AvgIpc) is 2.77. The van der Waals surface area contributed by atoms with Crippen molar-refractivity contribution < 1.29 is 14.4 Å². The Morgan fingerprint density at radius 2 is 1.67 bits per heavy atom. The summed E-state index contributed by atoms with van der Waals surface area (Å²) in [6.45, 7) is 4.13. The van der Waals surface area contributed by atoms with Crippen LogP contribution in [0.1, 0.15) is 31.1 Å². The van der Waals surface area contributed by atoms with E-state index in [-0.39, 0.29) is 17.7 Å². The van der Waals surface area contributed by atoms with Crippen LogP contribution in [0.3, 0.4) is 0 Å². The van der Waals surface area contributed by atoms with Crippen LogP contribution in [-0.2, 0) is 9.59 Å². The molecule has 0 aliphatic heterocycles. The number of carbonyl (C=O) groups excluding carboxylic acids is 3. The van der Waals surface area contributed by atoms with Crippen molar-refractivity contribution in [1.29, 1.82) is 0 Å². The van der Waals surface area contributed by atoms with E-state index in [0.717, 1.165) is 21.4 Å². The Bertz CT molecular complexity index is 742. The molecule has 0 radical (unpaired) electrons. The minimum Gasteiger partial charge on any atom is -0.287 e. The standard InChI is InChI=1S/C16H16N2O3/c1-11(19)17(12(2)20)9-8-14-10-18(13(3)21)16-7-5-4-6-15(14)16/h4-10H,1-3H3. The van der Waals surface area contributed by atoms with Crippen molar-refractivity contribution in [3.63, 3.8) is 0 Å². The van der Waals surface area contributed by atoms with Gasteiger partial charge in [-0.25, -0.2) is 0 Å². The zero-order valence-corrected chi connectivity index (χ0v) is 12.2. The maximum atomic E-state index is 11.6. The van der Waals surface area contributed by atoms with E-state index < -0.39 is 0 Å². The third-order valence-electron chi connectivity index (χ3n) is 3.16. The molecular weight excluding hydrogens is 268 g/mol. The Kier molecular flexibility index (Phi) is 4.03. The molecule has 108 valence electrons. The van der Waals surface area contributed by atoms with E-state index in [2.05, 4.69) is 0 Å². The van der Waals surface area contributed by atoms with Crippen LogP contribution in [0.4, 0.5) is 0 Å². The Morgan fingerprint density at radius 1 is 1.05 bits per heavy atom. The van der Waals surface area contributed by atoms with Gasteiger partial charge >= 0.3 is 0 Å². The summed E-state index contributed by atoms with van der Waals surface area (Å²) < 4.78 is 1.54. The number of hydrogen-bond donors (Lipinski definition) is 0. The van der Waals surface area contributed by atoms with Gasteiger partial charge in [0.1, 0.15) is 0 Å². The molecule has 0 saturated heterocycles. The topological polar surface area (TPSA) is 59.4 Å². The molecule has 0 bridgehead atoms. The van der Waals surface area contributed by atoms with Crippen molar-refractivity contribution in [3.05, 3.63) is 42.2 Å². The Hall–Kier alpha value is -2.69. The van der Waals surface area contributed by atoms with E-state index >= 15 is 0 Å². The molecule has 1 aromatic carbocycles. The van der Waals surface area contributed by atoms with Gasteiger partial charge in [0.25, 0.3) is 0 Å². The first-order valence-electron chi connectivity index (χ1n) is 6.51. The Morgan fingerprint density at radius 3 is 2.24 bits per heavy atom. The summed E-state index contributed by atoms with van der Waals surface area (Å²) in [5.74, 6) is -0.802. The summed E-state index contributed by atoms with van der Waals surface area (Å²) >= 11 is 0. The number of amides is 2. The molecule has 0 atom stereocenters. The van der Waals surface area contributed by atoms with Gasteiger partial charge < -0.3 is 0 Å². The maximum absolute atomic E-state index is 11.6. The van der Waals surface area contributed by atoms with Gasteiger partial charge in [0.15, 0.2) is 0 Å². The molecule has 0 aliphatic rings. The van der Waals surface area contributed by atoms with Crippen molar-refractivity contribution in [1.82, 2.24) is 9.47 Å². The van der Waals surface area contributed by atoms with E-state index in [1.807, 2.05) is 24.3 Å². The van der Waals surface area contributed by atoms with Crippen molar-refractivity contribution in [2.75, 3.05) is 0 Å². The van der Waals surface area contributed by atoms with E-state index in [1.54, 1.807) is 16.8 Å². The minimum absolute atomic E-state index is 0.0964. The number of para-hydroxylation sites is 1. The second-order valence-corrected chi connectivity index (χ2v) is 4.71. The van der Waals surface area contributed by atoms with Crippen molar-refractivity contribution >= 4 is 34.7 Å². The lowest BCUT2D eigenvalue weighted by Crippen LogP contribution is -2.27. The van der Waals surface area contributed by atoms with Gasteiger partial charge in [-0.05, 0) is 12.1 Å². The SMILES string of the molecule is CC(=O)N(C=Cc1cn(C(C)=O)c2ccccc12)C(C)=O. The van der Waals surface area contributed by atoms with E-state index in [1.165, 1.54) is 27.0 Å². The predicted octanol–water partition coefficient (Wildman–Crippen LogP) is 2.67. The fourth-order valence-electron chi connectivity index (χ4n) is 2.19. The summed E-state index contributed by atoms with van der Waals surface area (Å²) in [4.78, 5) is 35.4. The fourth-order valence-corrected chi connectivity index (χ4v) is 2.19. The molecular formula is C16H16N2O3. The molecule has 21 heavy (non-hydrogen) atoms. The van der Waals surface area contributed by atoms with Gasteiger partial charge in [-0.1, -0.05) is 18.2 Å². The van der Waals surface area contributed by atoms with Gasteiger partial charge in [-0.15, -0.1) is 0 Å². The van der Waals surface area contributed by atoms with Crippen LogP contribution in [0.2, 0.25) is 0 Å². The normalized spacial score (nSPS) is 11.0. The summed E-state index contributed by atoms with van der Waals surface area (Å²) in [6.07, 6.45) is 4.78. The first kappa shape index (κ1) is 14.7. The number of benzene rings is 1. The summed E-state index contributed by atoms with van der Waals surface area (Å²) in [7, 11) is 0. The smallest absolute Gasteiger partial charge is 0.230 e. The highest BCUT2D eigenvalue weighted by atomic mass is 16.2. The van der Waals surface area contributed by atoms with Crippen LogP contribution in [0.15, 0.2) is 36.7 Å². The highest BCUT2D eigenvalue weighted by Crippen LogP contribution is 2.22. The third-order valence-corrected chi connectivity index (χ3v) is 3.16. The van der Waals surface area contributed by atoms with Crippen LogP contribution in [0.25, 0.3) is 17.0 Å². The van der Waals surface area contributed by atoms with Crippen LogP contribution in [0.5, 0.6) is 0 Å². The van der Waals surface area contributed by atoms with Crippen LogP contribution in [-0.4, -0.2) is 27.2 Å². The molecule has 5 heteroatoms. The highest BCUT2D eigenvalue weighted by molar-refractivity contribution is 5.98. The molecule has 5 nitrogen and oxygen atoms in total. The first-order chi connectivity index (χ1) is 9.91. The fraction of sp³-hybridized carbons (Fsp3) is 0.188. The van der Waals surface area contributed by atoms with Gasteiger partial charge in [-0.2, -0.15) is 0 Å². The van der Waals surface area contributed by atoms with Crippen molar-refractivity contribution in [3.8, 4) is 0 Å². The average molecular weight is 284 g/mol. The van der Waals surface area contributed by atoms with Crippen LogP contribution in [0, 0.1) is 0 Å². The first-order valence-corrected chi connectivity index (χ1v) is 6.51. The zero-order chi connectivity index (χ0) is 15.6. The molecule has 0 unspecified atom stereocenters. The monoisotopic (exact) mass is 284 g/mol. The third kappa shape index (κ3) is 2.91. The van der Waals surface area contributed by atoms with Gasteiger partial charge in [0.05, 0.1) is 5.52 Å². The number of aromatic nitrogens is 1. The molecule has 2 aromatic rings. The molecule has 2 amide bonds. The molecule has 1 heterocycles. The summed E-state index contributed by atoms with van der Waals surface area (Å²) in [6, 6.07) is 7.46. The lowest BCUT2D eigenvalue weighted by atomic mass is 10.2. The second kappa shape index (κ2) is 5.75. The number of hydrogen-bond acceptors (Lipinski definition) is 3. The van der Waals surface area contributed by atoms with Crippen molar-refractivity contribution in [2.45, 2.75) is 20.8 Å². The molecule has 0 fully saturated rings. The molecule has 0 spiro atoms. The number of fused-ring (bicyclic) bond motifs is 1. The van der Waals surface area contributed by atoms with E-state index in [4.69, 9.17) is 0 Å². The number of imide groups is 1. The van der Waals surface area contributed by atoms with Crippen molar-refractivity contribution in [2.24, 2.45) is 0 Å². The zero-order valence-electron chi connectivity index (χ0n) is 12.2. The maximum Gasteiger partial charge on any atom is 0.230 e. The summed E-state index contributed by atoms with van der Waals surface area (Å²) in [5, 5.41) is 0.885. The summed E-state index contributed by atoms with van der Waals surface area (Å²) in [5.41, 5.74) is 1.56. The Labute approximate surface area is 122 Å². The van der Waals surface area contributed by atoms with E-state index in [0.29, 0.717) is 0 Å². The lowest BCUT2D eigenvalue weighted by molar-refractivity contribution is -0.138. The van der Waals surface area contributed by atoms with Crippen LogP contribution >= 0.6 is 0 Å². The Balaban J connectivity index is 2.50. The quantitative estimate of drug-likeness (QED) is 0.851. The highest BCUT2D eigenvalue weighted by Gasteiger charge is 2.12. The van der Waals surface area contributed by atoms with Gasteiger partial charge in [0, 0.05) is 44.1 Å². The second-order valence-electron chi connectivity index (χ2n) is 4.71. The van der Waals surface area contributed by atoms with E-state index in [9.17, 15) is 14.4 Å². The lowest BCUT2D eigenvalue weighted by Gasteiger charge is -2.10. The molecule has 1 aromatic heterocycles. The van der Waals surface area contributed by atoms with Gasteiger partial charge in [0.2, 0.25) is 17.7 Å². The number of rotatable bonds is 2. The predicted molar refractivity (Wildman–Crippen MR) is 80.5 cm³/mol.